The number of rotatable bonds is 4. The summed E-state index contributed by atoms with van der Waals surface area (Å²) in [4.78, 5) is 0. The molecule has 1 N–H and O–H groups in total. The molecular weight excluding hydrogens is 274 g/mol. The van der Waals surface area contributed by atoms with Crippen LogP contribution in [0.15, 0.2) is 24.3 Å². The van der Waals surface area contributed by atoms with Gasteiger partial charge in [-0.15, -0.1) is 0 Å². The van der Waals surface area contributed by atoms with Gasteiger partial charge < -0.3 is 14.8 Å². The number of hydrogen-bond acceptors (Lipinski definition) is 3. The largest absolute Gasteiger partial charge is 0.348 e. The molecule has 0 radical (unpaired) electrons. The lowest BCUT2D eigenvalue weighted by Crippen LogP contribution is -2.44. The summed E-state index contributed by atoms with van der Waals surface area (Å²) in [5.74, 6) is 0.171. The van der Waals surface area contributed by atoms with E-state index in [0.717, 1.165) is 24.4 Å². The van der Waals surface area contributed by atoms with Gasteiger partial charge in [0.1, 0.15) is 0 Å². The van der Waals surface area contributed by atoms with Gasteiger partial charge in [-0.05, 0) is 44.2 Å². The van der Waals surface area contributed by atoms with Gasteiger partial charge in [0, 0.05) is 17.6 Å². The predicted molar refractivity (Wildman–Crippen MR) is 80.1 cm³/mol. The van der Waals surface area contributed by atoms with Gasteiger partial charge in [0.25, 0.3) is 0 Å². The third-order valence-electron chi connectivity index (χ3n) is 4.18. The Hall–Kier alpha value is -0.610. The summed E-state index contributed by atoms with van der Waals surface area (Å²) in [5, 5.41) is 4.46. The van der Waals surface area contributed by atoms with E-state index in [1.807, 2.05) is 26.0 Å². The highest BCUT2D eigenvalue weighted by Gasteiger charge is 2.35. The average molecular weight is 296 g/mol. The van der Waals surface area contributed by atoms with Crippen molar-refractivity contribution in [3.05, 3.63) is 34.9 Å². The fourth-order valence-corrected chi connectivity index (χ4v) is 3.30. The van der Waals surface area contributed by atoms with Gasteiger partial charge in [0.2, 0.25) is 0 Å². The molecule has 2 fully saturated rings. The van der Waals surface area contributed by atoms with E-state index in [1.165, 1.54) is 5.56 Å². The first kappa shape index (κ1) is 14.3. The van der Waals surface area contributed by atoms with Gasteiger partial charge in [0.05, 0.1) is 12.7 Å². The van der Waals surface area contributed by atoms with Gasteiger partial charge >= 0.3 is 0 Å². The smallest absolute Gasteiger partial charge is 0.163 e. The second-order valence-electron chi connectivity index (χ2n) is 6.25. The van der Waals surface area contributed by atoms with Gasteiger partial charge in [-0.1, -0.05) is 29.8 Å². The zero-order chi connectivity index (χ0) is 14.2. The topological polar surface area (TPSA) is 30.5 Å². The standard InChI is InChI=1S/C16H22ClNO2/c1-16(2)19-10-13(20-16)9-18-12-7-11(8-12)14-5-3-4-6-15(14)17/h3-6,11-13,18H,7-10H2,1-2H3. The maximum absolute atomic E-state index is 6.23. The molecule has 1 saturated carbocycles. The van der Waals surface area contributed by atoms with E-state index in [0.29, 0.717) is 18.6 Å². The van der Waals surface area contributed by atoms with Crippen LogP contribution in [0.3, 0.4) is 0 Å². The monoisotopic (exact) mass is 295 g/mol. The number of halogens is 1. The molecule has 20 heavy (non-hydrogen) atoms. The molecule has 1 unspecified atom stereocenters. The summed E-state index contributed by atoms with van der Waals surface area (Å²) in [6.07, 6.45) is 2.48. The molecule has 1 aliphatic carbocycles. The molecule has 1 atom stereocenters. The van der Waals surface area contributed by atoms with Crippen molar-refractivity contribution in [2.24, 2.45) is 0 Å². The summed E-state index contributed by atoms with van der Waals surface area (Å²) in [6.45, 7) is 5.47. The van der Waals surface area contributed by atoms with Crippen molar-refractivity contribution >= 4 is 11.6 Å². The minimum Gasteiger partial charge on any atom is -0.348 e. The molecule has 3 nitrogen and oxygen atoms in total. The van der Waals surface area contributed by atoms with Crippen LogP contribution in [0.25, 0.3) is 0 Å². The SMILES string of the molecule is CC1(C)OCC(CNC2CC(c3ccccc3Cl)C2)O1. The van der Waals surface area contributed by atoms with Crippen molar-refractivity contribution in [1.29, 1.82) is 0 Å². The van der Waals surface area contributed by atoms with E-state index in [9.17, 15) is 0 Å². The van der Waals surface area contributed by atoms with E-state index >= 15 is 0 Å². The van der Waals surface area contributed by atoms with Crippen molar-refractivity contribution in [1.82, 2.24) is 5.32 Å². The highest BCUT2D eigenvalue weighted by atomic mass is 35.5. The Kier molecular flexibility index (Phi) is 4.04. The zero-order valence-electron chi connectivity index (χ0n) is 12.1. The number of ether oxygens (including phenoxy) is 2. The average Bonchev–Trinajstić information content (AvgIpc) is 2.69. The molecule has 0 spiro atoms. The van der Waals surface area contributed by atoms with Gasteiger partial charge in [-0.2, -0.15) is 0 Å². The fraction of sp³-hybridized carbons (Fsp3) is 0.625. The number of hydrogen-bond donors (Lipinski definition) is 1. The Balaban J connectivity index is 1.42. The third-order valence-corrected chi connectivity index (χ3v) is 4.53. The molecule has 110 valence electrons. The highest BCUT2D eigenvalue weighted by molar-refractivity contribution is 6.31. The zero-order valence-corrected chi connectivity index (χ0v) is 12.8. The van der Waals surface area contributed by atoms with Crippen LogP contribution in [0.4, 0.5) is 0 Å². The van der Waals surface area contributed by atoms with Crippen LogP contribution in [0.1, 0.15) is 38.2 Å². The van der Waals surface area contributed by atoms with Crippen molar-refractivity contribution < 1.29 is 9.47 Å². The van der Waals surface area contributed by atoms with Crippen LogP contribution in [0.5, 0.6) is 0 Å². The summed E-state index contributed by atoms with van der Waals surface area (Å²) >= 11 is 6.23. The van der Waals surface area contributed by atoms with Crippen molar-refractivity contribution in [3.8, 4) is 0 Å². The number of benzene rings is 1. The molecule has 1 heterocycles. The maximum atomic E-state index is 6.23. The Morgan fingerprint density at radius 2 is 2.05 bits per heavy atom. The molecule has 1 aromatic rings. The Bertz CT molecular complexity index is 471. The van der Waals surface area contributed by atoms with Crippen LogP contribution in [0, 0.1) is 0 Å². The molecule has 1 saturated heterocycles. The minimum absolute atomic E-state index is 0.171. The molecular formula is C16H22ClNO2. The maximum Gasteiger partial charge on any atom is 0.163 e. The fourth-order valence-electron chi connectivity index (χ4n) is 3.01. The van der Waals surface area contributed by atoms with Crippen LogP contribution in [0.2, 0.25) is 5.02 Å². The van der Waals surface area contributed by atoms with Crippen LogP contribution in [-0.4, -0.2) is 31.1 Å². The van der Waals surface area contributed by atoms with Crippen molar-refractivity contribution in [2.45, 2.75) is 50.5 Å². The van der Waals surface area contributed by atoms with Crippen molar-refractivity contribution in [2.75, 3.05) is 13.2 Å². The first-order valence-electron chi connectivity index (χ1n) is 7.33. The molecule has 2 aliphatic rings. The Morgan fingerprint density at radius 1 is 1.30 bits per heavy atom. The summed E-state index contributed by atoms with van der Waals surface area (Å²) in [5.41, 5.74) is 1.29. The van der Waals surface area contributed by atoms with Crippen molar-refractivity contribution in [3.63, 3.8) is 0 Å². The van der Waals surface area contributed by atoms with E-state index in [-0.39, 0.29) is 6.10 Å². The van der Waals surface area contributed by atoms with Gasteiger partial charge in [-0.25, -0.2) is 0 Å². The normalized spacial score (nSPS) is 32.0. The summed E-state index contributed by atoms with van der Waals surface area (Å²) in [6, 6.07) is 8.74. The lowest BCUT2D eigenvalue weighted by atomic mass is 9.76. The first-order valence-corrected chi connectivity index (χ1v) is 7.71. The van der Waals surface area contributed by atoms with Gasteiger partial charge in [0.15, 0.2) is 5.79 Å². The molecule has 1 aliphatic heterocycles. The van der Waals surface area contributed by atoms with E-state index in [2.05, 4.69) is 17.4 Å². The van der Waals surface area contributed by atoms with E-state index in [4.69, 9.17) is 21.1 Å². The summed E-state index contributed by atoms with van der Waals surface area (Å²) < 4.78 is 11.4. The molecule has 4 heteroatoms. The van der Waals surface area contributed by atoms with Crippen LogP contribution >= 0.6 is 11.6 Å². The minimum atomic E-state index is -0.425. The Labute approximate surface area is 125 Å². The second kappa shape index (κ2) is 5.64. The second-order valence-corrected chi connectivity index (χ2v) is 6.65. The molecule has 0 bridgehead atoms. The molecule has 0 amide bonds. The third kappa shape index (κ3) is 3.17. The van der Waals surface area contributed by atoms with E-state index < -0.39 is 5.79 Å². The number of nitrogens with one attached hydrogen (secondary N) is 1. The van der Waals surface area contributed by atoms with Crippen LogP contribution in [-0.2, 0) is 9.47 Å². The van der Waals surface area contributed by atoms with E-state index in [1.54, 1.807) is 0 Å². The molecule has 3 rings (SSSR count). The lowest BCUT2D eigenvalue weighted by Gasteiger charge is -2.37. The molecule has 0 aromatic heterocycles. The lowest BCUT2D eigenvalue weighted by molar-refractivity contribution is -0.138. The Morgan fingerprint density at radius 3 is 2.70 bits per heavy atom. The first-order chi connectivity index (χ1) is 9.53. The quantitative estimate of drug-likeness (QED) is 0.924. The molecule has 1 aromatic carbocycles. The highest BCUT2D eigenvalue weighted by Crippen LogP contribution is 2.39. The summed E-state index contributed by atoms with van der Waals surface area (Å²) in [7, 11) is 0. The van der Waals surface area contributed by atoms with Crippen LogP contribution < -0.4 is 5.32 Å². The van der Waals surface area contributed by atoms with Gasteiger partial charge in [-0.3, -0.25) is 0 Å². The predicted octanol–water partition coefficient (Wildman–Crippen LogP) is 3.33.